The van der Waals surface area contributed by atoms with Gasteiger partial charge >= 0.3 is 12.2 Å². The SMILES string of the molecule is CC(C)(C)OC(=O)N(C(=O)OC(C)(C)C)C1(C)CC1C(C)(C)C. The first kappa shape index (κ1) is 19.8. The Kier molecular flexibility index (Phi) is 4.88. The van der Waals surface area contributed by atoms with Gasteiger partial charge in [0.15, 0.2) is 0 Å². The third-order valence-electron chi connectivity index (χ3n) is 3.92. The minimum atomic E-state index is -0.667. The summed E-state index contributed by atoms with van der Waals surface area (Å²) in [5, 5.41) is 0. The van der Waals surface area contributed by atoms with Crippen molar-refractivity contribution in [2.24, 2.45) is 11.3 Å². The minimum Gasteiger partial charge on any atom is -0.443 e. The predicted octanol–water partition coefficient (Wildman–Crippen LogP) is 4.98. The fourth-order valence-corrected chi connectivity index (χ4v) is 2.95. The topological polar surface area (TPSA) is 55.8 Å². The highest BCUT2D eigenvalue weighted by Crippen LogP contribution is 2.57. The predicted molar refractivity (Wildman–Crippen MR) is 90.3 cm³/mol. The lowest BCUT2D eigenvalue weighted by Gasteiger charge is -2.34. The summed E-state index contributed by atoms with van der Waals surface area (Å²) >= 11 is 0. The molecule has 0 N–H and O–H groups in total. The van der Waals surface area contributed by atoms with Crippen LogP contribution < -0.4 is 0 Å². The van der Waals surface area contributed by atoms with E-state index in [1.165, 1.54) is 4.90 Å². The third kappa shape index (κ3) is 5.11. The van der Waals surface area contributed by atoms with E-state index in [2.05, 4.69) is 20.8 Å². The maximum absolute atomic E-state index is 12.6. The smallest absolute Gasteiger partial charge is 0.420 e. The van der Waals surface area contributed by atoms with E-state index < -0.39 is 28.9 Å². The summed E-state index contributed by atoms with van der Waals surface area (Å²) in [5.41, 5.74) is -1.90. The molecule has 5 nitrogen and oxygen atoms in total. The molecule has 23 heavy (non-hydrogen) atoms. The number of rotatable bonds is 1. The second kappa shape index (κ2) is 5.67. The number of imide groups is 1. The minimum absolute atomic E-state index is 0.00295. The maximum atomic E-state index is 12.6. The van der Waals surface area contributed by atoms with Crippen LogP contribution in [0.5, 0.6) is 0 Å². The van der Waals surface area contributed by atoms with E-state index in [1.54, 1.807) is 41.5 Å². The number of amides is 2. The van der Waals surface area contributed by atoms with Crippen LogP contribution in [0.15, 0.2) is 0 Å². The van der Waals surface area contributed by atoms with Gasteiger partial charge in [0.05, 0.1) is 5.54 Å². The van der Waals surface area contributed by atoms with Crippen LogP contribution in [0.2, 0.25) is 0 Å². The molecule has 0 aromatic heterocycles. The fraction of sp³-hybridized carbons (Fsp3) is 0.889. The van der Waals surface area contributed by atoms with Crippen molar-refractivity contribution in [2.75, 3.05) is 0 Å². The maximum Gasteiger partial charge on any atom is 0.420 e. The molecule has 0 aromatic carbocycles. The van der Waals surface area contributed by atoms with Crippen LogP contribution >= 0.6 is 0 Å². The second-order valence-corrected chi connectivity index (χ2v) is 9.78. The summed E-state index contributed by atoms with van der Waals surface area (Å²) in [7, 11) is 0. The summed E-state index contributed by atoms with van der Waals surface area (Å²) in [6.45, 7) is 19.0. The zero-order valence-corrected chi connectivity index (χ0v) is 16.4. The summed E-state index contributed by atoms with van der Waals surface area (Å²) < 4.78 is 10.9. The first-order valence-corrected chi connectivity index (χ1v) is 8.23. The van der Waals surface area contributed by atoms with Crippen molar-refractivity contribution in [3.05, 3.63) is 0 Å². The molecule has 134 valence electrons. The first-order chi connectivity index (χ1) is 9.97. The molecule has 0 aromatic rings. The van der Waals surface area contributed by atoms with Crippen LogP contribution in [-0.4, -0.2) is 33.8 Å². The van der Waals surface area contributed by atoms with Crippen LogP contribution in [-0.2, 0) is 9.47 Å². The van der Waals surface area contributed by atoms with E-state index in [1.807, 2.05) is 6.92 Å². The molecule has 2 amide bonds. The van der Waals surface area contributed by atoms with Crippen molar-refractivity contribution >= 4 is 12.2 Å². The van der Waals surface area contributed by atoms with Crippen molar-refractivity contribution in [3.63, 3.8) is 0 Å². The molecule has 5 heteroatoms. The lowest BCUT2D eigenvalue weighted by molar-refractivity contribution is -0.0120. The normalized spacial score (nSPS) is 24.9. The quantitative estimate of drug-likeness (QED) is 0.681. The Hall–Kier alpha value is -1.26. The molecular formula is C18H33NO4. The lowest BCUT2D eigenvalue weighted by atomic mass is 9.87. The molecule has 0 radical (unpaired) electrons. The molecule has 1 aliphatic carbocycles. The van der Waals surface area contributed by atoms with Gasteiger partial charge in [-0.3, -0.25) is 0 Å². The van der Waals surface area contributed by atoms with Crippen molar-refractivity contribution in [1.29, 1.82) is 0 Å². The summed E-state index contributed by atoms with van der Waals surface area (Å²) in [5.74, 6) is 0.218. The highest BCUT2D eigenvalue weighted by Gasteiger charge is 2.63. The third-order valence-corrected chi connectivity index (χ3v) is 3.92. The van der Waals surface area contributed by atoms with Crippen LogP contribution in [0, 0.1) is 11.3 Å². The van der Waals surface area contributed by atoms with Crippen molar-refractivity contribution < 1.29 is 19.1 Å². The van der Waals surface area contributed by atoms with E-state index in [4.69, 9.17) is 9.47 Å². The Morgan fingerprint density at radius 2 is 1.22 bits per heavy atom. The molecule has 1 aliphatic rings. The standard InChI is InChI=1S/C18H33NO4/c1-15(2,3)12-11-18(12,10)19(13(20)22-16(4,5)6)14(21)23-17(7,8)9/h12H,11H2,1-10H3. The Morgan fingerprint density at radius 1 is 0.870 bits per heavy atom. The van der Waals surface area contributed by atoms with Crippen molar-refractivity contribution in [2.45, 2.75) is 92.4 Å². The first-order valence-electron chi connectivity index (χ1n) is 8.23. The van der Waals surface area contributed by atoms with Gasteiger partial charge in [0.25, 0.3) is 0 Å². The molecule has 0 saturated heterocycles. The van der Waals surface area contributed by atoms with Gasteiger partial charge in [-0.05, 0) is 66.2 Å². The van der Waals surface area contributed by atoms with Crippen molar-refractivity contribution in [3.8, 4) is 0 Å². The number of hydrogen-bond acceptors (Lipinski definition) is 4. The van der Waals surface area contributed by atoms with Crippen molar-refractivity contribution in [1.82, 2.24) is 4.90 Å². The Balaban J connectivity index is 3.09. The average Bonchev–Trinajstić information content (AvgIpc) is 2.84. The number of carbonyl (C=O) groups is 2. The number of nitrogens with zero attached hydrogens (tertiary/aromatic N) is 1. The highest BCUT2D eigenvalue weighted by molar-refractivity contribution is 5.90. The Bertz CT molecular complexity index is 451. The molecule has 1 rings (SSSR count). The molecule has 1 saturated carbocycles. The summed E-state index contributed by atoms with van der Waals surface area (Å²) in [6.07, 6.45) is -0.517. The van der Waals surface area contributed by atoms with Gasteiger partial charge < -0.3 is 9.47 Å². The zero-order chi connectivity index (χ0) is 18.4. The van der Waals surface area contributed by atoms with Gasteiger partial charge in [-0.2, -0.15) is 0 Å². The monoisotopic (exact) mass is 327 g/mol. The van der Waals surface area contributed by atoms with Gasteiger partial charge in [-0.15, -0.1) is 0 Å². The highest BCUT2D eigenvalue weighted by atomic mass is 16.6. The van der Waals surface area contributed by atoms with E-state index >= 15 is 0 Å². The summed E-state index contributed by atoms with van der Waals surface area (Å²) in [4.78, 5) is 26.5. The molecule has 2 unspecified atom stereocenters. The van der Waals surface area contributed by atoms with Gasteiger partial charge in [0.2, 0.25) is 0 Å². The molecule has 0 heterocycles. The van der Waals surface area contributed by atoms with Crippen LogP contribution in [0.1, 0.15) is 75.7 Å². The van der Waals surface area contributed by atoms with E-state index in [9.17, 15) is 9.59 Å². The van der Waals surface area contributed by atoms with Gasteiger partial charge in [0, 0.05) is 0 Å². The average molecular weight is 327 g/mol. The Morgan fingerprint density at radius 3 is 1.43 bits per heavy atom. The van der Waals surface area contributed by atoms with E-state index in [-0.39, 0.29) is 11.3 Å². The lowest BCUT2D eigenvalue weighted by Crippen LogP contribution is -2.50. The molecule has 0 bridgehead atoms. The molecular weight excluding hydrogens is 294 g/mol. The van der Waals surface area contributed by atoms with Gasteiger partial charge in [-0.1, -0.05) is 20.8 Å². The molecule has 0 spiro atoms. The number of carbonyl (C=O) groups excluding carboxylic acids is 2. The van der Waals surface area contributed by atoms with Crippen LogP contribution in [0.4, 0.5) is 9.59 Å². The largest absolute Gasteiger partial charge is 0.443 e. The zero-order valence-electron chi connectivity index (χ0n) is 16.4. The number of ether oxygens (including phenoxy) is 2. The van der Waals surface area contributed by atoms with Crippen LogP contribution in [0.3, 0.4) is 0 Å². The van der Waals surface area contributed by atoms with Crippen LogP contribution in [0.25, 0.3) is 0 Å². The Labute approximate surface area is 140 Å². The second-order valence-electron chi connectivity index (χ2n) is 9.78. The van der Waals surface area contributed by atoms with E-state index in [0.717, 1.165) is 6.42 Å². The van der Waals surface area contributed by atoms with E-state index in [0.29, 0.717) is 0 Å². The molecule has 2 atom stereocenters. The fourth-order valence-electron chi connectivity index (χ4n) is 2.95. The van der Waals surface area contributed by atoms with Gasteiger partial charge in [-0.25, -0.2) is 14.5 Å². The van der Waals surface area contributed by atoms with Gasteiger partial charge in [0.1, 0.15) is 11.2 Å². The number of hydrogen-bond donors (Lipinski definition) is 0. The summed E-state index contributed by atoms with van der Waals surface area (Å²) in [6, 6.07) is 0. The molecule has 0 aliphatic heterocycles. The molecule has 1 fully saturated rings.